The summed E-state index contributed by atoms with van der Waals surface area (Å²) in [5.74, 6) is 0.153. The summed E-state index contributed by atoms with van der Waals surface area (Å²) < 4.78 is 0. The molecule has 0 aromatic heterocycles. The lowest BCUT2D eigenvalue weighted by Crippen LogP contribution is -2.36. The lowest BCUT2D eigenvalue weighted by atomic mass is 10.2. The van der Waals surface area contributed by atoms with Gasteiger partial charge in [0.05, 0.1) is 11.6 Å². The number of carbonyl (C=O) groups is 2. The zero-order chi connectivity index (χ0) is 15.0. The van der Waals surface area contributed by atoms with E-state index in [0.29, 0.717) is 34.9 Å². The molecule has 0 heterocycles. The van der Waals surface area contributed by atoms with Gasteiger partial charge < -0.3 is 10.4 Å². The highest BCUT2D eigenvalue weighted by molar-refractivity contribution is 7.98. The van der Waals surface area contributed by atoms with Crippen LogP contribution in [0.4, 0.5) is 0 Å². The molecule has 20 heavy (non-hydrogen) atoms. The average Bonchev–Trinajstić information content (AvgIpc) is 2.43. The molecule has 0 bridgehead atoms. The number of aliphatic carboxylic acids is 1. The van der Waals surface area contributed by atoms with Gasteiger partial charge in [-0.15, -0.1) is 0 Å². The number of benzene rings is 1. The Morgan fingerprint density at radius 1 is 1.60 bits per heavy atom. The standard InChI is InChI=1S/C13H13ClN2O3S/c14-11-5-9(6-15)1-2-10(11)7-20-4-3-12(13(18)19)16-8-17/h1-2,5,8,12H,3-4,7H2,(H,16,17)(H,18,19). The molecule has 1 unspecified atom stereocenters. The van der Waals surface area contributed by atoms with Gasteiger partial charge in [-0.3, -0.25) is 4.79 Å². The van der Waals surface area contributed by atoms with E-state index in [1.54, 1.807) is 18.2 Å². The normalized spacial score (nSPS) is 11.4. The van der Waals surface area contributed by atoms with Crippen LogP contribution in [0.3, 0.4) is 0 Å². The molecule has 0 saturated heterocycles. The zero-order valence-electron chi connectivity index (χ0n) is 10.5. The van der Waals surface area contributed by atoms with E-state index in [4.69, 9.17) is 22.0 Å². The van der Waals surface area contributed by atoms with Crippen LogP contribution in [0.25, 0.3) is 0 Å². The van der Waals surface area contributed by atoms with Crippen LogP contribution in [-0.4, -0.2) is 29.3 Å². The Labute approximate surface area is 125 Å². The molecule has 1 aromatic carbocycles. The molecule has 1 amide bonds. The van der Waals surface area contributed by atoms with E-state index in [-0.39, 0.29) is 0 Å². The Balaban J connectivity index is 2.43. The number of hydrogen-bond donors (Lipinski definition) is 2. The second-order valence-electron chi connectivity index (χ2n) is 3.93. The second kappa shape index (κ2) is 8.46. The van der Waals surface area contributed by atoms with Crippen LogP contribution in [-0.2, 0) is 15.3 Å². The molecule has 5 nitrogen and oxygen atoms in total. The monoisotopic (exact) mass is 312 g/mol. The van der Waals surface area contributed by atoms with E-state index in [0.717, 1.165) is 5.56 Å². The third-order valence-electron chi connectivity index (χ3n) is 2.56. The van der Waals surface area contributed by atoms with Gasteiger partial charge in [0.2, 0.25) is 6.41 Å². The molecule has 7 heteroatoms. The van der Waals surface area contributed by atoms with Crippen LogP contribution in [0.2, 0.25) is 5.02 Å². The second-order valence-corrected chi connectivity index (χ2v) is 5.45. The van der Waals surface area contributed by atoms with Crippen LogP contribution in [0.5, 0.6) is 0 Å². The molecule has 0 aliphatic heterocycles. The minimum Gasteiger partial charge on any atom is -0.480 e. The van der Waals surface area contributed by atoms with Crippen molar-refractivity contribution in [3.05, 3.63) is 34.3 Å². The van der Waals surface area contributed by atoms with Crippen LogP contribution in [0, 0.1) is 11.3 Å². The lowest BCUT2D eigenvalue weighted by Gasteiger charge is -2.10. The number of halogens is 1. The Morgan fingerprint density at radius 3 is 2.90 bits per heavy atom. The fourth-order valence-electron chi connectivity index (χ4n) is 1.48. The summed E-state index contributed by atoms with van der Waals surface area (Å²) >= 11 is 7.55. The molecule has 2 N–H and O–H groups in total. The topological polar surface area (TPSA) is 90.2 Å². The van der Waals surface area contributed by atoms with E-state index in [2.05, 4.69) is 5.32 Å². The fourth-order valence-corrected chi connectivity index (χ4v) is 2.82. The van der Waals surface area contributed by atoms with Crippen molar-refractivity contribution in [2.45, 2.75) is 18.2 Å². The average molecular weight is 313 g/mol. The third-order valence-corrected chi connectivity index (χ3v) is 3.95. The van der Waals surface area contributed by atoms with E-state index < -0.39 is 12.0 Å². The van der Waals surface area contributed by atoms with Crippen LogP contribution < -0.4 is 5.32 Å². The maximum Gasteiger partial charge on any atom is 0.326 e. The zero-order valence-corrected chi connectivity index (χ0v) is 12.1. The largest absolute Gasteiger partial charge is 0.480 e. The first-order valence-electron chi connectivity index (χ1n) is 5.77. The van der Waals surface area contributed by atoms with Gasteiger partial charge in [0.1, 0.15) is 6.04 Å². The van der Waals surface area contributed by atoms with Gasteiger partial charge in [0.15, 0.2) is 0 Å². The molecule has 1 aromatic rings. The molecule has 1 rings (SSSR count). The number of nitriles is 1. The number of carboxylic acid groups (broad SMARTS) is 1. The van der Waals surface area contributed by atoms with Gasteiger partial charge in [-0.1, -0.05) is 17.7 Å². The first-order valence-corrected chi connectivity index (χ1v) is 7.30. The number of carboxylic acids is 1. The number of rotatable bonds is 8. The summed E-state index contributed by atoms with van der Waals surface area (Å²) in [7, 11) is 0. The fraction of sp³-hybridized carbons (Fsp3) is 0.308. The number of amides is 1. The number of nitrogens with one attached hydrogen (secondary N) is 1. The molecular weight excluding hydrogens is 300 g/mol. The van der Waals surface area contributed by atoms with Crippen molar-refractivity contribution in [1.82, 2.24) is 5.32 Å². The predicted octanol–water partition coefficient (Wildman–Crippen LogP) is 2.03. The molecule has 0 fully saturated rings. The van der Waals surface area contributed by atoms with Crippen LogP contribution >= 0.6 is 23.4 Å². The number of carbonyl (C=O) groups excluding carboxylic acids is 1. The molecule has 0 spiro atoms. The van der Waals surface area contributed by atoms with Crippen molar-refractivity contribution in [3.8, 4) is 6.07 Å². The summed E-state index contributed by atoms with van der Waals surface area (Å²) in [5, 5.41) is 20.3. The van der Waals surface area contributed by atoms with Gasteiger partial charge in [-0.2, -0.15) is 17.0 Å². The Hall–Kier alpha value is -1.71. The molecule has 0 aliphatic rings. The Bertz CT molecular complexity index is 531. The highest BCUT2D eigenvalue weighted by Gasteiger charge is 2.15. The third kappa shape index (κ3) is 5.11. The van der Waals surface area contributed by atoms with Crippen molar-refractivity contribution in [2.75, 3.05) is 5.75 Å². The van der Waals surface area contributed by atoms with E-state index in [9.17, 15) is 9.59 Å². The Kier molecular flexibility index (Phi) is 6.91. The first kappa shape index (κ1) is 16.3. The molecule has 0 saturated carbocycles. The van der Waals surface area contributed by atoms with Crippen LogP contribution in [0.15, 0.2) is 18.2 Å². The molecular formula is C13H13ClN2O3S. The molecule has 106 valence electrons. The molecule has 0 aliphatic carbocycles. The summed E-state index contributed by atoms with van der Waals surface area (Å²) in [5.41, 5.74) is 1.40. The quantitative estimate of drug-likeness (QED) is 0.566. The van der Waals surface area contributed by atoms with Crippen molar-refractivity contribution in [1.29, 1.82) is 5.26 Å². The van der Waals surface area contributed by atoms with Crippen molar-refractivity contribution in [2.24, 2.45) is 0 Å². The highest BCUT2D eigenvalue weighted by Crippen LogP contribution is 2.23. The lowest BCUT2D eigenvalue weighted by molar-refractivity contribution is -0.140. The van der Waals surface area contributed by atoms with Gasteiger partial charge in [-0.25, -0.2) is 4.79 Å². The highest BCUT2D eigenvalue weighted by atomic mass is 35.5. The maximum atomic E-state index is 10.8. The van der Waals surface area contributed by atoms with Gasteiger partial charge in [-0.05, 0) is 29.9 Å². The summed E-state index contributed by atoms with van der Waals surface area (Å²) in [4.78, 5) is 21.0. The van der Waals surface area contributed by atoms with Crippen molar-refractivity contribution >= 4 is 35.7 Å². The van der Waals surface area contributed by atoms with E-state index in [1.807, 2.05) is 6.07 Å². The smallest absolute Gasteiger partial charge is 0.326 e. The van der Waals surface area contributed by atoms with Gasteiger partial charge >= 0.3 is 5.97 Å². The Morgan fingerprint density at radius 2 is 2.35 bits per heavy atom. The minimum atomic E-state index is -1.05. The van der Waals surface area contributed by atoms with Crippen LogP contribution in [0.1, 0.15) is 17.5 Å². The summed E-state index contributed by atoms with van der Waals surface area (Å²) in [6, 6.07) is 6.22. The first-order chi connectivity index (χ1) is 9.58. The summed E-state index contributed by atoms with van der Waals surface area (Å²) in [6.45, 7) is 0. The van der Waals surface area contributed by atoms with Gasteiger partial charge in [0.25, 0.3) is 0 Å². The molecule has 1 atom stereocenters. The van der Waals surface area contributed by atoms with E-state index >= 15 is 0 Å². The number of hydrogen-bond acceptors (Lipinski definition) is 4. The van der Waals surface area contributed by atoms with Crippen molar-refractivity contribution < 1.29 is 14.7 Å². The predicted molar refractivity (Wildman–Crippen MR) is 77.6 cm³/mol. The number of nitrogens with zero attached hydrogens (tertiary/aromatic N) is 1. The van der Waals surface area contributed by atoms with E-state index in [1.165, 1.54) is 11.8 Å². The summed E-state index contributed by atoms with van der Waals surface area (Å²) in [6.07, 6.45) is 0.730. The number of thioether (sulfide) groups is 1. The minimum absolute atomic E-state index is 0.340. The SMILES string of the molecule is N#Cc1ccc(CSCCC(NC=O)C(=O)O)c(Cl)c1. The maximum absolute atomic E-state index is 10.8. The van der Waals surface area contributed by atoms with Gasteiger partial charge in [0, 0.05) is 10.8 Å². The molecule has 0 radical (unpaired) electrons. The van der Waals surface area contributed by atoms with Crippen molar-refractivity contribution in [3.63, 3.8) is 0 Å².